The molecule has 0 aliphatic heterocycles. The quantitative estimate of drug-likeness (QED) is 0.786. The van der Waals surface area contributed by atoms with Crippen molar-refractivity contribution in [1.29, 1.82) is 0 Å². The Balaban J connectivity index is 1.67. The van der Waals surface area contributed by atoms with Gasteiger partial charge in [-0.05, 0) is 61.4 Å². The molecular weight excluding hydrogens is 295 g/mol. The van der Waals surface area contributed by atoms with E-state index < -0.39 is 6.10 Å². The van der Waals surface area contributed by atoms with E-state index in [1.54, 1.807) is 18.5 Å². The third-order valence-electron chi connectivity index (χ3n) is 3.90. The van der Waals surface area contributed by atoms with Crippen molar-refractivity contribution in [1.82, 2.24) is 9.55 Å². The third kappa shape index (κ3) is 3.51. The minimum atomic E-state index is -0.681. The van der Waals surface area contributed by atoms with Crippen LogP contribution in [0.2, 0.25) is 0 Å². The number of aryl methyl sites for hydroxylation is 2. The van der Waals surface area contributed by atoms with Crippen LogP contribution in [0.15, 0.2) is 42.7 Å². The van der Waals surface area contributed by atoms with Crippen molar-refractivity contribution in [3.05, 3.63) is 59.7 Å². The van der Waals surface area contributed by atoms with E-state index in [0.29, 0.717) is 12.3 Å². The Bertz CT molecular complexity index is 812. The van der Waals surface area contributed by atoms with E-state index in [9.17, 15) is 9.50 Å². The lowest BCUT2D eigenvalue weighted by atomic mass is 10.1. The average Bonchev–Trinajstić information content (AvgIpc) is 2.89. The van der Waals surface area contributed by atoms with Crippen molar-refractivity contribution in [2.24, 2.45) is 0 Å². The molecule has 120 valence electrons. The van der Waals surface area contributed by atoms with Crippen LogP contribution in [-0.2, 0) is 6.54 Å². The second kappa shape index (κ2) is 6.38. The molecule has 0 fully saturated rings. The molecule has 0 saturated heterocycles. The lowest BCUT2D eigenvalue weighted by Crippen LogP contribution is -2.23. The first-order valence-electron chi connectivity index (χ1n) is 7.51. The molecule has 4 nitrogen and oxygen atoms in total. The fraction of sp³-hybridized carbons (Fsp3) is 0.278. The Morgan fingerprint density at radius 2 is 1.87 bits per heavy atom. The van der Waals surface area contributed by atoms with Gasteiger partial charge in [-0.15, -0.1) is 0 Å². The zero-order chi connectivity index (χ0) is 16.4. The van der Waals surface area contributed by atoms with E-state index in [1.165, 1.54) is 23.3 Å². The highest BCUT2D eigenvalue weighted by molar-refractivity contribution is 5.77. The first kappa shape index (κ1) is 15.5. The summed E-state index contributed by atoms with van der Waals surface area (Å²) in [4.78, 5) is 4.37. The maximum Gasteiger partial charge on any atom is 0.123 e. The fourth-order valence-corrected chi connectivity index (χ4v) is 2.46. The number of hydrogen-bond acceptors (Lipinski definition) is 3. The van der Waals surface area contributed by atoms with Gasteiger partial charge in [0.2, 0.25) is 0 Å². The number of rotatable bonds is 5. The number of nitrogens with zero attached hydrogens (tertiary/aromatic N) is 2. The van der Waals surface area contributed by atoms with E-state index in [2.05, 4.69) is 24.9 Å². The first-order chi connectivity index (χ1) is 11.0. The predicted molar refractivity (Wildman–Crippen MR) is 87.1 cm³/mol. The van der Waals surface area contributed by atoms with E-state index >= 15 is 0 Å². The van der Waals surface area contributed by atoms with Crippen molar-refractivity contribution in [2.75, 3.05) is 6.61 Å². The lowest BCUT2D eigenvalue weighted by Gasteiger charge is -2.14. The summed E-state index contributed by atoms with van der Waals surface area (Å²) in [5.41, 5.74) is 4.30. The largest absolute Gasteiger partial charge is 0.491 e. The number of aliphatic hydroxyl groups excluding tert-OH is 1. The van der Waals surface area contributed by atoms with Crippen molar-refractivity contribution in [3.63, 3.8) is 0 Å². The third-order valence-corrected chi connectivity index (χ3v) is 3.90. The molecule has 23 heavy (non-hydrogen) atoms. The number of fused-ring (bicyclic) bond motifs is 1. The number of ether oxygens (including phenoxy) is 1. The van der Waals surface area contributed by atoms with Crippen molar-refractivity contribution in [2.45, 2.75) is 26.5 Å². The smallest absolute Gasteiger partial charge is 0.123 e. The molecule has 0 saturated carbocycles. The lowest BCUT2D eigenvalue weighted by molar-refractivity contribution is 0.0934. The summed E-state index contributed by atoms with van der Waals surface area (Å²) in [5, 5.41) is 10.2. The molecule has 0 spiro atoms. The van der Waals surface area contributed by atoms with Crippen LogP contribution in [0.4, 0.5) is 4.39 Å². The molecule has 0 aliphatic carbocycles. The molecule has 1 aromatic heterocycles. The Kier molecular flexibility index (Phi) is 4.30. The Hall–Kier alpha value is -2.40. The minimum Gasteiger partial charge on any atom is -0.491 e. The Morgan fingerprint density at radius 1 is 1.17 bits per heavy atom. The summed E-state index contributed by atoms with van der Waals surface area (Å²) in [5.74, 6) is 0.223. The molecule has 1 N–H and O–H groups in total. The van der Waals surface area contributed by atoms with Crippen LogP contribution in [0.3, 0.4) is 0 Å². The highest BCUT2D eigenvalue weighted by Gasteiger charge is 2.10. The van der Waals surface area contributed by atoms with E-state index in [0.717, 1.165) is 11.0 Å². The Morgan fingerprint density at radius 3 is 2.61 bits per heavy atom. The van der Waals surface area contributed by atoms with Gasteiger partial charge in [0.05, 0.1) is 23.9 Å². The SMILES string of the molecule is Cc1cc2ncn(C[C@H](O)COc3ccc(F)cc3)c2cc1C. The molecule has 5 heteroatoms. The van der Waals surface area contributed by atoms with Crippen molar-refractivity contribution >= 4 is 11.0 Å². The van der Waals surface area contributed by atoms with Gasteiger partial charge in [-0.3, -0.25) is 0 Å². The van der Waals surface area contributed by atoms with Crippen molar-refractivity contribution < 1.29 is 14.2 Å². The molecule has 1 heterocycles. The maximum atomic E-state index is 12.8. The van der Waals surface area contributed by atoms with Crippen LogP contribution in [0.1, 0.15) is 11.1 Å². The number of aromatic nitrogens is 2. The van der Waals surface area contributed by atoms with E-state index in [4.69, 9.17) is 4.74 Å². The molecule has 0 aliphatic rings. The summed E-state index contributed by atoms with van der Waals surface area (Å²) in [7, 11) is 0. The summed E-state index contributed by atoms with van der Waals surface area (Å²) >= 11 is 0. The molecule has 1 atom stereocenters. The standard InChI is InChI=1S/C18H19FN2O2/c1-12-7-17-18(8-13(12)2)21(11-20-17)9-15(22)10-23-16-5-3-14(19)4-6-16/h3-8,11,15,22H,9-10H2,1-2H3/t15-/m0/s1. The van der Waals surface area contributed by atoms with Crippen LogP contribution >= 0.6 is 0 Å². The van der Waals surface area contributed by atoms with Gasteiger partial charge in [0.1, 0.15) is 24.3 Å². The highest BCUT2D eigenvalue weighted by atomic mass is 19.1. The van der Waals surface area contributed by atoms with Crippen molar-refractivity contribution in [3.8, 4) is 5.75 Å². The van der Waals surface area contributed by atoms with Crippen LogP contribution in [-0.4, -0.2) is 27.4 Å². The zero-order valence-corrected chi connectivity index (χ0v) is 13.2. The molecule has 3 aromatic rings. The number of benzene rings is 2. The molecule has 0 amide bonds. The summed E-state index contributed by atoms with van der Waals surface area (Å²) in [6, 6.07) is 9.86. The summed E-state index contributed by atoms with van der Waals surface area (Å²) in [6.45, 7) is 4.63. The second-order valence-corrected chi connectivity index (χ2v) is 5.74. The van der Waals surface area contributed by atoms with E-state index in [-0.39, 0.29) is 12.4 Å². The molecule has 0 bridgehead atoms. The first-order valence-corrected chi connectivity index (χ1v) is 7.51. The normalized spacial score (nSPS) is 12.5. The van der Waals surface area contributed by atoms with Gasteiger partial charge in [0.15, 0.2) is 0 Å². The number of aliphatic hydroxyl groups is 1. The van der Waals surface area contributed by atoms with Gasteiger partial charge in [-0.1, -0.05) is 0 Å². The van der Waals surface area contributed by atoms with Gasteiger partial charge in [-0.25, -0.2) is 9.37 Å². The Labute approximate surface area is 134 Å². The van der Waals surface area contributed by atoms with Crippen LogP contribution in [0.25, 0.3) is 11.0 Å². The second-order valence-electron chi connectivity index (χ2n) is 5.74. The van der Waals surface area contributed by atoms with Gasteiger partial charge in [0.25, 0.3) is 0 Å². The van der Waals surface area contributed by atoms with Gasteiger partial charge >= 0.3 is 0 Å². The van der Waals surface area contributed by atoms with Crippen LogP contribution in [0, 0.1) is 19.7 Å². The molecule has 0 unspecified atom stereocenters. The average molecular weight is 314 g/mol. The zero-order valence-electron chi connectivity index (χ0n) is 13.2. The highest BCUT2D eigenvalue weighted by Crippen LogP contribution is 2.19. The number of hydrogen-bond donors (Lipinski definition) is 1. The van der Waals surface area contributed by atoms with E-state index in [1.807, 2.05) is 10.6 Å². The summed E-state index contributed by atoms with van der Waals surface area (Å²) < 4.78 is 20.2. The molecular formula is C18H19FN2O2. The molecule has 3 rings (SSSR count). The fourth-order valence-electron chi connectivity index (χ4n) is 2.46. The van der Waals surface area contributed by atoms with Crippen LogP contribution < -0.4 is 4.74 Å². The van der Waals surface area contributed by atoms with Crippen LogP contribution in [0.5, 0.6) is 5.75 Å². The maximum absolute atomic E-state index is 12.8. The molecule has 0 radical (unpaired) electrons. The summed E-state index contributed by atoms with van der Waals surface area (Å²) in [6.07, 6.45) is 1.05. The minimum absolute atomic E-state index is 0.135. The van der Waals surface area contributed by atoms with Gasteiger partial charge in [0, 0.05) is 0 Å². The predicted octanol–water partition coefficient (Wildman–Crippen LogP) is 3.23. The molecule has 2 aromatic carbocycles. The monoisotopic (exact) mass is 314 g/mol. The number of halogens is 1. The number of imidazole rings is 1. The van der Waals surface area contributed by atoms with Gasteiger partial charge < -0.3 is 14.4 Å². The topological polar surface area (TPSA) is 47.3 Å². The van der Waals surface area contributed by atoms with Gasteiger partial charge in [-0.2, -0.15) is 0 Å².